The zero-order valence-electron chi connectivity index (χ0n) is 12.2. The molecule has 0 saturated heterocycles. The molecule has 0 saturated carbocycles. The van der Waals surface area contributed by atoms with E-state index in [2.05, 4.69) is 23.5 Å². The van der Waals surface area contributed by atoms with Gasteiger partial charge in [-0.15, -0.1) is 0 Å². The molecule has 1 atom stereocenters. The van der Waals surface area contributed by atoms with Gasteiger partial charge in [0.05, 0.1) is 11.8 Å². The molecule has 112 valence electrons. The minimum atomic E-state index is 0.0638. The van der Waals surface area contributed by atoms with Crippen molar-refractivity contribution >= 4 is 34.6 Å². The normalized spacial score (nSPS) is 17.3. The van der Waals surface area contributed by atoms with Crippen molar-refractivity contribution in [1.29, 1.82) is 0 Å². The number of nitrogens with one attached hydrogen (secondary N) is 1. The van der Waals surface area contributed by atoms with E-state index < -0.39 is 0 Å². The summed E-state index contributed by atoms with van der Waals surface area (Å²) in [7, 11) is 1.81. The highest BCUT2D eigenvalue weighted by atomic mass is 35.5. The fourth-order valence-electron chi connectivity index (χ4n) is 2.59. The fourth-order valence-corrected chi connectivity index (χ4v) is 2.96. The zero-order valence-corrected chi connectivity index (χ0v) is 13.7. The molecule has 1 heterocycles. The van der Waals surface area contributed by atoms with Crippen LogP contribution in [0.1, 0.15) is 23.6 Å². The van der Waals surface area contributed by atoms with E-state index in [1.165, 1.54) is 0 Å². The Kier molecular flexibility index (Phi) is 4.41. The van der Waals surface area contributed by atoms with Crippen LogP contribution in [0, 0.1) is 0 Å². The molecule has 3 nitrogen and oxygen atoms in total. The van der Waals surface area contributed by atoms with Gasteiger partial charge in [-0.1, -0.05) is 54.1 Å². The van der Waals surface area contributed by atoms with Crippen LogP contribution in [-0.4, -0.2) is 22.9 Å². The minimum absolute atomic E-state index is 0.0638. The summed E-state index contributed by atoms with van der Waals surface area (Å²) in [6, 6.07) is 18.1. The smallest absolute Gasteiger partial charge is 0.189 e. The van der Waals surface area contributed by atoms with E-state index in [0.717, 1.165) is 28.3 Å². The summed E-state index contributed by atoms with van der Waals surface area (Å²) in [5, 5.41) is 10.9. The molecule has 1 aliphatic rings. The quantitative estimate of drug-likeness (QED) is 0.844. The van der Waals surface area contributed by atoms with Crippen LogP contribution in [0.5, 0.6) is 0 Å². The van der Waals surface area contributed by atoms with Crippen LogP contribution < -0.4 is 5.32 Å². The third-order valence-electron chi connectivity index (χ3n) is 3.67. The number of benzene rings is 2. The molecule has 0 aromatic heterocycles. The molecule has 0 radical (unpaired) electrons. The van der Waals surface area contributed by atoms with Gasteiger partial charge in [0.15, 0.2) is 5.11 Å². The van der Waals surface area contributed by atoms with E-state index in [1.54, 1.807) is 0 Å². The lowest BCUT2D eigenvalue weighted by Crippen LogP contribution is -2.34. The molecule has 1 aliphatic heterocycles. The van der Waals surface area contributed by atoms with Crippen LogP contribution in [0.4, 0.5) is 0 Å². The van der Waals surface area contributed by atoms with E-state index in [4.69, 9.17) is 28.9 Å². The Labute approximate surface area is 140 Å². The summed E-state index contributed by atoms with van der Waals surface area (Å²) in [6.07, 6.45) is 0.798. The van der Waals surface area contributed by atoms with Crippen molar-refractivity contribution in [3.05, 3.63) is 70.7 Å². The number of rotatable bonds is 2. The number of hydrogen-bond acceptors (Lipinski definition) is 2. The number of hydrogen-bond donors (Lipinski definition) is 1. The Bertz CT molecular complexity index is 715. The van der Waals surface area contributed by atoms with Crippen molar-refractivity contribution in [1.82, 2.24) is 10.3 Å². The van der Waals surface area contributed by atoms with Crippen molar-refractivity contribution < 1.29 is 0 Å². The lowest BCUT2D eigenvalue weighted by molar-refractivity contribution is 0.367. The molecule has 0 fully saturated rings. The topological polar surface area (TPSA) is 27.6 Å². The first-order valence-electron chi connectivity index (χ1n) is 7.08. The van der Waals surface area contributed by atoms with Crippen molar-refractivity contribution in [2.24, 2.45) is 5.10 Å². The van der Waals surface area contributed by atoms with Gasteiger partial charge in [0.1, 0.15) is 0 Å². The first-order valence-corrected chi connectivity index (χ1v) is 7.87. The maximum absolute atomic E-state index is 6.13. The van der Waals surface area contributed by atoms with Crippen molar-refractivity contribution in [3.8, 4) is 0 Å². The van der Waals surface area contributed by atoms with Crippen LogP contribution in [0.3, 0.4) is 0 Å². The predicted octanol–water partition coefficient (Wildman–Crippen LogP) is 4.00. The van der Waals surface area contributed by atoms with Gasteiger partial charge in [0.25, 0.3) is 0 Å². The SMILES string of the molecule is CNC(=S)N1N=C(c2ccccc2)CC1c1cccc(Cl)c1. The number of nitrogens with zero attached hydrogens (tertiary/aromatic N) is 2. The van der Waals surface area contributed by atoms with Gasteiger partial charge in [0.2, 0.25) is 0 Å². The van der Waals surface area contributed by atoms with Crippen molar-refractivity contribution in [2.75, 3.05) is 7.05 Å². The Morgan fingerprint density at radius 1 is 1.23 bits per heavy atom. The number of hydrazone groups is 1. The second-order valence-corrected chi connectivity index (χ2v) is 5.91. The molecule has 22 heavy (non-hydrogen) atoms. The standard InChI is InChI=1S/C17H16ClN3S/c1-19-17(22)21-16(13-8-5-9-14(18)10-13)11-15(20-21)12-6-3-2-4-7-12/h2-10,16H,11H2,1H3,(H,19,22). The largest absolute Gasteiger partial charge is 0.364 e. The summed E-state index contributed by atoms with van der Waals surface area (Å²) >= 11 is 11.5. The van der Waals surface area contributed by atoms with E-state index in [0.29, 0.717) is 5.11 Å². The van der Waals surface area contributed by atoms with Gasteiger partial charge < -0.3 is 5.32 Å². The monoisotopic (exact) mass is 329 g/mol. The van der Waals surface area contributed by atoms with Gasteiger partial charge in [-0.2, -0.15) is 5.10 Å². The summed E-state index contributed by atoms with van der Waals surface area (Å²) in [5.74, 6) is 0. The molecule has 3 rings (SSSR count). The molecule has 2 aromatic carbocycles. The maximum Gasteiger partial charge on any atom is 0.189 e. The van der Waals surface area contributed by atoms with Crippen LogP contribution in [0.15, 0.2) is 59.7 Å². The second kappa shape index (κ2) is 6.46. The summed E-state index contributed by atoms with van der Waals surface area (Å²) in [5.41, 5.74) is 3.26. The molecule has 0 bridgehead atoms. The van der Waals surface area contributed by atoms with Crippen LogP contribution in [-0.2, 0) is 0 Å². The lowest BCUT2D eigenvalue weighted by atomic mass is 9.99. The fraction of sp³-hybridized carbons (Fsp3) is 0.176. The highest BCUT2D eigenvalue weighted by Gasteiger charge is 2.31. The molecule has 0 amide bonds. The second-order valence-electron chi connectivity index (χ2n) is 5.09. The average molecular weight is 330 g/mol. The van der Waals surface area contributed by atoms with Gasteiger partial charge in [-0.3, -0.25) is 0 Å². The highest BCUT2D eigenvalue weighted by molar-refractivity contribution is 7.80. The van der Waals surface area contributed by atoms with E-state index in [1.807, 2.05) is 48.5 Å². The Hall–Kier alpha value is -1.91. The maximum atomic E-state index is 6.13. The van der Waals surface area contributed by atoms with Gasteiger partial charge in [-0.05, 0) is 35.5 Å². The summed E-state index contributed by atoms with van der Waals surface area (Å²) in [6.45, 7) is 0. The third-order valence-corrected chi connectivity index (χ3v) is 4.30. The van der Waals surface area contributed by atoms with Gasteiger partial charge in [0, 0.05) is 18.5 Å². The number of thiocarbonyl (C=S) groups is 1. The highest BCUT2D eigenvalue weighted by Crippen LogP contribution is 2.33. The Balaban J connectivity index is 1.96. The van der Waals surface area contributed by atoms with E-state index >= 15 is 0 Å². The molecule has 0 aliphatic carbocycles. The molecule has 0 spiro atoms. The van der Waals surface area contributed by atoms with Crippen LogP contribution >= 0.6 is 23.8 Å². The van der Waals surface area contributed by atoms with Crippen molar-refractivity contribution in [2.45, 2.75) is 12.5 Å². The molecule has 2 aromatic rings. The van der Waals surface area contributed by atoms with Crippen LogP contribution in [0.2, 0.25) is 5.02 Å². The molecule has 1 N–H and O–H groups in total. The van der Waals surface area contributed by atoms with Crippen molar-refractivity contribution in [3.63, 3.8) is 0 Å². The van der Waals surface area contributed by atoms with Gasteiger partial charge >= 0.3 is 0 Å². The van der Waals surface area contributed by atoms with Crippen LogP contribution in [0.25, 0.3) is 0 Å². The molecular formula is C17H16ClN3S. The van der Waals surface area contributed by atoms with E-state index in [-0.39, 0.29) is 6.04 Å². The molecular weight excluding hydrogens is 314 g/mol. The average Bonchev–Trinajstić information content (AvgIpc) is 3.00. The molecule has 1 unspecified atom stereocenters. The predicted molar refractivity (Wildman–Crippen MR) is 95.3 cm³/mol. The Morgan fingerprint density at radius 2 is 2.00 bits per heavy atom. The third kappa shape index (κ3) is 2.98. The number of halogens is 1. The first-order chi connectivity index (χ1) is 10.7. The zero-order chi connectivity index (χ0) is 15.5. The first kappa shape index (κ1) is 15.0. The molecule has 5 heteroatoms. The van der Waals surface area contributed by atoms with E-state index in [9.17, 15) is 0 Å². The lowest BCUT2D eigenvalue weighted by Gasteiger charge is -2.23. The summed E-state index contributed by atoms with van der Waals surface area (Å²) in [4.78, 5) is 0. The van der Waals surface area contributed by atoms with Gasteiger partial charge in [-0.25, -0.2) is 5.01 Å². The summed E-state index contributed by atoms with van der Waals surface area (Å²) < 4.78 is 0. The minimum Gasteiger partial charge on any atom is -0.364 e. The Morgan fingerprint density at radius 3 is 2.68 bits per heavy atom.